The third kappa shape index (κ3) is 3.79. The molecule has 1 heterocycles. The Bertz CT molecular complexity index is 723. The Morgan fingerprint density at radius 2 is 1.91 bits per heavy atom. The number of amides is 1. The van der Waals surface area contributed by atoms with E-state index in [9.17, 15) is 4.79 Å². The van der Waals surface area contributed by atoms with E-state index in [4.69, 9.17) is 10.8 Å². The molecule has 5 nitrogen and oxygen atoms in total. The lowest BCUT2D eigenvalue weighted by Gasteiger charge is -2.14. The first-order valence-corrected chi connectivity index (χ1v) is 7.84. The molecule has 0 saturated heterocycles. The van der Waals surface area contributed by atoms with Crippen LogP contribution in [0.25, 0.3) is 5.69 Å². The number of nitrogens with one attached hydrogen (secondary N) is 1. The third-order valence-corrected chi connectivity index (χ3v) is 3.72. The zero-order valence-electron chi connectivity index (χ0n) is 14.8. The number of nitrogens with zero attached hydrogens (tertiary/aromatic N) is 2. The molecule has 23 heavy (non-hydrogen) atoms. The molecule has 2 rings (SSSR count). The Morgan fingerprint density at radius 1 is 1.26 bits per heavy atom. The van der Waals surface area contributed by atoms with Crippen LogP contribution in [0, 0.1) is 13.8 Å². The number of hydrogen-bond donors (Lipinski definition) is 2. The zero-order chi connectivity index (χ0) is 17.4. The summed E-state index contributed by atoms with van der Waals surface area (Å²) >= 11 is 0. The van der Waals surface area contributed by atoms with E-state index in [-0.39, 0.29) is 11.3 Å². The van der Waals surface area contributed by atoms with E-state index in [2.05, 4.69) is 39.1 Å². The lowest BCUT2D eigenvalue weighted by Crippen LogP contribution is -2.33. The van der Waals surface area contributed by atoms with Crippen molar-refractivity contribution in [3.05, 3.63) is 41.1 Å². The van der Waals surface area contributed by atoms with Crippen molar-refractivity contribution in [2.75, 3.05) is 5.32 Å². The van der Waals surface area contributed by atoms with Crippen LogP contribution in [0.5, 0.6) is 0 Å². The highest BCUT2D eigenvalue weighted by Crippen LogP contribution is 2.27. The van der Waals surface area contributed by atoms with Gasteiger partial charge in [-0.2, -0.15) is 5.10 Å². The number of aryl methyl sites for hydroxylation is 2. The van der Waals surface area contributed by atoms with Crippen molar-refractivity contribution in [1.29, 1.82) is 0 Å². The standard InChI is InChI=1S/C18H26N4O/c1-11-7-8-14(12(2)9-11)22-16(20-17(23)13(3)19)10-15(21-22)18(4,5)6/h7-10,13H,19H2,1-6H3,(H,20,23)/t13-/m0/s1. The predicted molar refractivity (Wildman–Crippen MR) is 94.0 cm³/mol. The van der Waals surface area contributed by atoms with Crippen LogP contribution in [0.3, 0.4) is 0 Å². The Morgan fingerprint density at radius 3 is 2.43 bits per heavy atom. The van der Waals surface area contributed by atoms with Gasteiger partial charge in [-0.3, -0.25) is 4.79 Å². The molecule has 2 aromatic rings. The summed E-state index contributed by atoms with van der Waals surface area (Å²) in [5.74, 6) is 0.417. The van der Waals surface area contributed by atoms with Crippen LogP contribution in [-0.4, -0.2) is 21.7 Å². The Balaban J connectivity index is 2.56. The highest BCUT2D eigenvalue weighted by Gasteiger charge is 2.22. The Hall–Kier alpha value is -2.14. The van der Waals surface area contributed by atoms with Gasteiger partial charge in [-0.15, -0.1) is 0 Å². The van der Waals surface area contributed by atoms with Gasteiger partial charge in [0.25, 0.3) is 0 Å². The second-order valence-electron chi connectivity index (χ2n) is 7.14. The molecule has 0 radical (unpaired) electrons. The minimum absolute atomic E-state index is 0.113. The van der Waals surface area contributed by atoms with Crippen LogP contribution in [0.2, 0.25) is 0 Å². The monoisotopic (exact) mass is 314 g/mol. The average Bonchev–Trinajstić information content (AvgIpc) is 2.82. The molecule has 5 heteroatoms. The number of nitrogens with two attached hydrogens (primary N) is 1. The van der Waals surface area contributed by atoms with Gasteiger partial charge in [0.05, 0.1) is 17.4 Å². The molecule has 0 aliphatic heterocycles. The van der Waals surface area contributed by atoms with Gasteiger partial charge >= 0.3 is 0 Å². The van der Waals surface area contributed by atoms with E-state index >= 15 is 0 Å². The maximum atomic E-state index is 12.0. The van der Waals surface area contributed by atoms with E-state index in [0.29, 0.717) is 5.82 Å². The summed E-state index contributed by atoms with van der Waals surface area (Å²) in [6.45, 7) is 12.0. The summed E-state index contributed by atoms with van der Waals surface area (Å²) < 4.78 is 1.79. The largest absolute Gasteiger partial charge is 0.320 e. The van der Waals surface area contributed by atoms with Crippen molar-refractivity contribution < 1.29 is 4.79 Å². The second kappa shape index (κ2) is 6.16. The van der Waals surface area contributed by atoms with Crippen molar-refractivity contribution in [2.45, 2.75) is 53.0 Å². The Kier molecular flexibility index (Phi) is 4.61. The summed E-state index contributed by atoms with van der Waals surface area (Å²) in [7, 11) is 0. The molecule has 0 aliphatic carbocycles. The van der Waals surface area contributed by atoms with Gasteiger partial charge in [0, 0.05) is 11.5 Å². The SMILES string of the molecule is Cc1ccc(-n2nc(C(C)(C)C)cc2NC(=O)[C@H](C)N)c(C)c1. The van der Waals surface area contributed by atoms with Gasteiger partial charge in [0.2, 0.25) is 5.91 Å². The minimum atomic E-state index is -0.574. The van der Waals surface area contributed by atoms with Gasteiger partial charge < -0.3 is 11.1 Å². The van der Waals surface area contributed by atoms with Crippen molar-refractivity contribution in [3.63, 3.8) is 0 Å². The fourth-order valence-electron chi connectivity index (χ4n) is 2.30. The fourth-order valence-corrected chi connectivity index (χ4v) is 2.30. The molecule has 0 spiro atoms. The first-order valence-electron chi connectivity index (χ1n) is 7.84. The zero-order valence-corrected chi connectivity index (χ0v) is 14.8. The number of carbonyl (C=O) groups excluding carboxylic acids is 1. The molecule has 1 amide bonds. The molecule has 0 aliphatic rings. The molecular weight excluding hydrogens is 288 g/mol. The summed E-state index contributed by atoms with van der Waals surface area (Å²) in [4.78, 5) is 12.0. The van der Waals surface area contributed by atoms with Gasteiger partial charge in [0.1, 0.15) is 5.82 Å². The average molecular weight is 314 g/mol. The van der Waals surface area contributed by atoms with Crippen LogP contribution in [0.4, 0.5) is 5.82 Å². The van der Waals surface area contributed by atoms with E-state index in [1.54, 1.807) is 11.6 Å². The normalized spacial score (nSPS) is 13.0. The number of benzene rings is 1. The maximum absolute atomic E-state index is 12.0. The van der Waals surface area contributed by atoms with Gasteiger partial charge in [-0.05, 0) is 32.4 Å². The van der Waals surface area contributed by atoms with Crippen molar-refractivity contribution in [3.8, 4) is 5.69 Å². The summed E-state index contributed by atoms with van der Waals surface area (Å²) in [5.41, 5.74) is 9.72. The van der Waals surface area contributed by atoms with E-state index in [1.807, 2.05) is 25.1 Å². The van der Waals surface area contributed by atoms with Crippen molar-refractivity contribution in [2.24, 2.45) is 5.73 Å². The number of rotatable bonds is 3. The smallest absolute Gasteiger partial charge is 0.242 e. The summed E-state index contributed by atoms with van der Waals surface area (Å²) in [6, 6.07) is 7.50. The molecular formula is C18H26N4O. The van der Waals surface area contributed by atoms with E-state index in [0.717, 1.165) is 16.9 Å². The number of hydrogen-bond acceptors (Lipinski definition) is 3. The van der Waals surface area contributed by atoms with Gasteiger partial charge in [0.15, 0.2) is 0 Å². The quantitative estimate of drug-likeness (QED) is 0.914. The molecule has 0 saturated carbocycles. The van der Waals surface area contributed by atoms with Crippen LogP contribution < -0.4 is 11.1 Å². The summed E-state index contributed by atoms with van der Waals surface area (Å²) in [5, 5.41) is 7.60. The number of anilines is 1. The second-order valence-corrected chi connectivity index (χ2v) is 7.14. The van der Waals surface area contributed by atoms with Gasteiger partial charge in [-0.1, -0.05) is 38.5 Å². The molecule has 1 aromatic heterocycles. The molecule has 124 valence electrons. The highest BCUT2D eigenvalue weighted by molar-refractivity contribution is 5.94. The number of aromatic nitrogens is 2. The number of carbonyl (C=O) groups is 1. The van der Waals surface area contributed by atoms with Crippen LogP contribution >= 0.6 is 0 Å². The lowest BCUT2D eigenvalue weighted by molar-refractivity contribution is -0.117. The molecule has 0 fully saturated rings. The van der Waals surface area contributed by atoms with Crippen molar-refractivity contribution >= 4 is 11.7 Å². The van der Waals surface area contributed by atoms with Gasteiger partial charge in [-0.25, -0.2) is 4.68 Å². The molecule has 0 unspecified atom stereocenters. The molecule has 0 bridgehead atoms. The van der Waals surface area contributed by atoms with E-state index < -0.39 is 6.04 Å². The third-order valence-electron chi connectivity index (χ3n) is 3.72. The van der Waals surface area contributed by atoms with Crippen LogP contribution in [0.1, 0.15) is 44.5 Å². The molecule has 1 aromatic carbocycles. The first-order chi connectivity index (χ1) is 10.6. The van der Waals surface area contributed by atoms with Crippen LogP contribution in [0.15, 0.2) is 24.3 Å². The summed E-state index contributed by atoms with van der Waals surface area (Å²) in [6.07, 6.45) is 0. The maximum Gasteiger partial charge on any atom is 0.242 e. The van der Waals surface area contributed by atoms with Crippen molar-refractivity contribution in [1.82, 2.24) is 9.78 Å². The highest BCUT2D eigenvalue weighted by atomic mass is 16.2. The topological polar surface area (TPSA) is 72.9 Å². The Labute approximate surface area is 137 Å². The molecule has 1 atom stereocenters. The minimum Gasteiger partial charge on any atom is -0.320 e. The fraction of sp³-hybridized carbons (Fsp3) is 0.444. The predicted octanol–water partition coefficient (Wildman–Crippen LogP) is 3.07. The van der Waals surface area contributed by atoms with E-state index in [1.165, 1.54) is 5.56 Å². The molecule has 3 N–H and O–H groups in total. The lowest BCUT2D eigenvalue weighted by atomic mass is 9.92. The van der Waals surface area contributed by atoms with Crippen LogP contribution in [-0.2, 0) is 10.2 Å². The first kappa shape index (κ1) is 17.2.